The molecule has 2 aromatic heterocycles. The van der Waals surface area contributed by atoms with Crippen LogP contribution in [0.15, 0.2) is 36.5 Å². The van der Waals surface area contributed by atoms with Crippen LogP contribution in [0.5, 0.6) is 5.75 Å². The number of aromatic nitrogens is 2. The first-order valence-corrected chi connectivity index (χ1v) is 7.78. The Morgan fingerprint density at radius 1 is 1.22 bits per heavy atom. The molecule has 118 valence electrons. The number of nitrogens with zero attached hydrogens (tertiary/aromatic N) is 1. The van der Waals surface area contributed by atoms with Crippen LogP contribution in [0.3, 0.4) is 0 Å². The fraction of sp³-hybridized carbons (Fsp3) is 0.278. The third-order valence-electron chi connectivity index (χ3n) is 4.50. The number of nitrogens with one attached hydrogen (secondary N) is 2. The van der Waals surface area contributed by atoms with E-state index in [1.807, 2.05) is 6.07 Å². The normalized spacial score (nSPS) is 17.7. The van der Waals surface area contributed by atoms with E-state index in [0.717, 1.165) is 41.7 Å². The maximum atomic E-state index is 13.7. The molecular formula is C18H18FN3O. The van der Waals surface area contributed by atoms with Crippen LogP contribution in [0.1, 0.15) is 18.0 Å². The van der Waals surface area contributed by atoms with Gasteiger partial charge in [0, 0.05) is 35.3 Å². The SMILES string of the molecule is COc1ccc(F)cc1-c1ccnc2[nH]c(C3CCNC3)cc12. The van der Waals surface area contributed by atoms with Crippen molar-refractivity contribution in [3.05, 3.63) is 48.0 Å². The number of fused-ring (bicyclic) bond motifs is 1. The lowest BCUT2D eigenvalue weighted by atomic mass is 10.0. The molecule has 1 aromatic carbocycles. The van der Waals surface area contributed by atoms with E-state index >= 15 is 0 Å². The summed E-state index contributed by atoms with van der Waals surface area (Å²) in [5.41, 5.74) is 3.69. The molecule has 1 unspecified atom stereocenters. The van der Waals surface area contributed by atoms with Gasteiger partial charge in [0.2, 0.25) is 0 Å². The molecule has 4 nitrogen and oxygen atoms in total. The first-order chi connectivity index (χ1) is 11.3. The van der Waals surface area contributed by atoms with Gasteiger partial charge in [0.25, 0.3) is 0 Å². The third-order valence-corrected chi connectivity index (χ3v) is 4.50. The van der Waals surface area contributed by atoms with Crippen LogP contribution in [0, 0.1) is 5.82 Å². The van der Waals surface area contributed by atoms with Crippen molar-refractivity contribution in [3.63, 3.8) is 0 Å². The van der Waals surface area contributed by atoms with Gasteiger partial charge in [-0.1, -0.05) is 0 Å². The Labute approximate surface area is 133 Å². The number of H-pyrrole nitrogens is 1. The van der Waals surface area contributed by atoms with Crippen LogP contribution < -0.4 is 10.1 Å². The fourth-order valence-corrected chi connectivity index (χ4v) is 3.31. The highest BCUT2D eigenvalue weighted by molar-refractivity contribution is 5.95. The Morgan fingerprint density at radius 2 is 2.13 bits per heavy atom. The molecule has 1 aliphatic rings. The summed E-state index contributed by atoms with van der Waals surface area (Å²) in [7, 11) is 1.60. The van der Waals surface area contributed by atoms with Gasteiger partial charge < -0.3 is 15.0 Å². The van der Waals surface area contributed by atoms with Crippen LogP contribution in [0.2, 0.25) is 0 Å². The topological polar surface area (TPSA) is 49.9 Å². The zero-order chi connectivity index (χ0) is 15.8. The van der Waals surface area contributed by atoms with Crippen molar-refractivity contribution in [2.24, 2.45) is 0 Å². The monoisotopic (exact) mass is 311 g/mol. The minimum absolute atomic E-state index is 0.276. The lowest BCUT2D eigenvalue weighted by Gasteiger charge is -2.09. The average Bonchev–Trinajstić information content (AvgIpc) is 3.23. The number of ether oxygens (including phenoxy) is 1. The molecule has 0 saturated carbocycles. The van der Waals surface area contributed by atoms with E-state index in [1.54, 1.807) is 19.4 Å². The molecule has 0 bridgehead atoms. The fourth-order valence-electron chi connectivity index (χ4n) is 3.31. The highest BCUT2D eigenvalue weighted by atomic mass is 19.1. The Balaban J connectivity index is 1.88. The van der Waals surface area contributed by atoms with E-state index in [0.29, 0.717) is 11.7 Å². The molecule has 5 heteroatoms. The Kier molecular flexibility index (Phi) is 3.50. The van der Waals surface area contributed by atoms with E-state index in [4.69, 9.17) is 4.74 Å². The van der Waals surface area contributed by atoms with Crippen LogP contribution in [-0.2, 0) is 0 Å². The minimum atomic E-state index is -0.276. The molecule has 0 spiro atoms. The molecule has 23 heavy (non-hydrogen) atoms. The number of pyridine rings is 1. The van der Waals surface area contributed by atoms with Crippen molar-refractivity contribution in [1.82, 2.24) is 15.3 Å². The van der Waals surface area contributed by atoms with Crippen LogP contribution in [0.25, 0.3) is 22.2 Å². The Hall–Kier alpha value is -2.40. The molecule has 1 atom stereocenters. The maximum absolute atomic E-state index is 13.7. The number of rotatable bonds is 3. The van der Waals surface area contributed by atoms with E-state index in [-0.39, 0.29) is 5.82 Å². The lowest BCUT2D eigenvalue weighted by molar-refractivity contribution is 0.415. The molecule has 1 aliphatic heterocycles. The third kappa shape index (κ3) is 2.47. The highest BCUT2D eigenvalue weighted by Crippen LogP contribution is 2.36. The molecule has 1 fully saturated rings. The second kappa shape index (κ2) is 5.66. The highest BCUT2D eigenvalue weighted by Gasteiger charge is 2.20. The van der Waals surface area contributed by atoms with Crippen molar-refractivity contribution >= 4 is 11.0 Å². The van der Waals surface area contributed by atoms with E-state index in [9.17, 15) is 4.39 Å². The molecule has 3 heterocycles. The minimum Gasteiger partial charge on any atom is -0.496 e. The Bertz CT molecular complexity index is 853. The molecule has 3 aromatic rings. The number of benzene rings is 1. The first-order valence-electron chi connectivity index (χ1n) is 7.78. The van der Waals surface area contributed by atoms with Crippen molar-refractivity contribution in [1.29, 1.82) is 0 Å². The van der Waals surface area contributed by atoms with Gasteiger partial charge >= 0.3 is 0 Å². The summed E-state index contributed by atoms with van der Waals surface area (Å²) in [5, 5.41) is 4.38. The first kappa shape index (κ1) is 14.2. The van der Waals surface area contributed by atoms with Gasteiger partial charge in [-0.05, 0) is 48.9 Å². The molecule has 4 rings (SSSR count). The van der Waals surface area contributed by atoms with Crippen LogP contribution in [0.4, 0.5) is 4.39 Å². The molecule has 1 saturated heterocycles. The van der Waals surface area contributed by atoms with Crippen molar-refractivity contribution in [3.8, 4) is 16.9 Å². The Morgan fingerprint density at radius 3 is 2.91 bits per heavy atom. The van der Waals surface area contributed by atoms with Gasteiger partial charge in [-0.25, -0.2) is 9.37 Å². The summed E-state index contributed by atoms with van der Waals surface area (Å²) >= 11 is 0. The van der Waals surface area contributed by atoms with E-state index in [1.165, 1.54) is 17.8 Å². The summed E-state index contributed by atoms with van der Waals surface area (Å²) in [6.45, 7) is 2.02. The number of hydrogen-bond donors (Lipinski definition) is 2. The van der Waals surface area contributed by atoms with Crippen molar-refractivity contribution in [2.75, 3.05) is 20.2 Å². The number of hydrogen-bond acceptors (Lipinski definition) is 3. The van der Waals surface area contributed by atoms with E-state index in [2.05, 4.69) is 21.4 Å². The van der Waals surface area contributed by atoms with Crippen LogP contribution >= 0.6 is 0 Å². The molecule has 2 N–H and O–H groups in total. The smallest absolute Gasteiger partial charge is 0.138 e. The molecule has 0 aliphatic carbocycles. The van der Waals surface area contributed by atoms with Crippen molar-refractivity contribution in [2.45, 2.75) is 12.3 Å². The summed E-state index contributed by atoms with van der Waals surface area (Å²) in [6, 6.07) is 8.63. The number of aromatic amines is 1. The predicted molar refractivity (Wildman–Crippen MR) is 88.3 cm³/mol. The number of halogens is 1. The van der Waals surface area contributed by atoms with Gasteiger partial charge in [0.1, 0.15) is 17.2 Å². The van der Waals surface area contributed by atoms with Gasteiger partial charge in [0.15, 0.2) is 0 Å². The van der Waals surface area contributed by atoms with Crippen molar-refractivity contribution < 1.29 is 9.13 Å². The maximum Gasteiger partial charge on any atom is 0.138 e. The van der Waals surface area contributed by atoms with Gasteiger partial charge in [0.05, 0.1) is 7.11 Å². The predicted octanol–water partition coefficient (Wildman–Crippen LogP) is 3.45. The number of methoxy groups -OCH3 is 1. The largest absolute Gasteiger partial charge is 0.496 e. The van der Waals surface area contributed by atoms with Gasteiger partial charge in [-0.3, -0.25) is 0 Å². The average molecular weight is 311 g/mol. The molecule has 0 radical (unpaired) electrons. The zero-order valence-corrected chi connectivity index (χ0v) is 12.9. The lowest BCUT2D eigenvalue weighted by Crippen LogP contribution is -2.07. The summed E-state index contributed by atoms with van der Waals surface area (Å²) in [6.07, 6.45) is 2.86. The summed E-state index contributed by atoms with van der Waals surface area (Å²) < 4.78 is 19.1. The summed E-state index contributed by atoms with van der Waals surface area (Å²) in [4.78, 5) is 7.84. The second-order valence-corrected chi connectivity index (χ2v) is 5.88. The van der Waals surface area contributed by atoms with E-state index < -0.39 is 0 Å². The van der Waals surface area contributed by atoms with Gasteiger partial charge in [-0.2, -0.15) is 0 Å². The van der Waals surface area contributed by atoms with Crippen LogP contribution in [-0.4, -0.2) is 30.2 Å². The second-order valence-electron chi connectivity index (χ2n) is 5.88. The standard InChI is InChI=1S/C18H18FN3O/c1-23-17-3-2-12(19)8-14(17)13-5-7-21-18-15(13)9-16(22-18)11-4-6-20-10-11/h2-3,5,7-9,11,20H,4,6,10H2,1H3,(H,21,22). The molecule has 0 amide bonds. The summed E-state index contributed by atoms with van der Waals surface area (Å²) in [5.74, 6) is 0.858. The molecular weight excluding hydrogens is 293 g/mol. The zero-order valence-electron chi connectivity index (χ0n) is 12.9. The quantitative estimate of drug-likeness (QED) is 0.779. The van der Waals surface area contributed by atoms with Gasteiger partial charge in [-0.15, -0.1) is 0 Å².